The molecule has 2 heterocycles. The van der Waals surface area contributed by atoms with E-state index in [4.69, 9.17) is 20.8 Å². The molecule has 1 atom stereocenters. The highest BCUT2D eigenvalue weighted by Crippen LogP contribution is 2.39. The molecule has 0 amide bonds. The average Bonchev–Trinajstić information content (AvgIpc) is 3.53. The molecule has 0 saturated heterocycles. The molecule has 170 valence electrons. The quantitative estimate of drug-likeness (QED) is 0.241. The van der Waals surface area contributed by atoms with Crippen LogP contribution in [0.2, 0.25) is 5.02 Å². The summed E-state index contributed by atoms with van der Waals surface area (Å²) in [7, 11) is 1.64. The molecule has 0 N–H and O–H groups in total. The average molecular weight is 490 g/mol. The zero-order valence-corrected chi connectivity index (χ0v) is 20.0. The molecule has 3 aromatic carbocycles. The minimum absolute atomic E-state index is 0.161. The topological polar surface area (TPSA) is 78.9 Å². The van der Waals surface area contributed by atoms with Crippen LogP contribution in [0.4, 0.5) is 0 Å². The van der Waals surface area contributed by atoms with Crippen LogP contribution in [0, 0.1) is 0 Å². The minimum Gasteiger partial charge on any atom is -0.496 e. The first-order valence-electron chi connectivity index (χ1n) is 10.5. The van der Waals surface area contributed by atoms with Crippen molar-refractivity contribution in [1.82, 2.24) is 25.0 Å². The fraction of sp³-hybridized carbons (Fsp3) is 0.120. The fourth-order valence-corrected chi connectivity index (χ4v) is 4.50. The summed E-state index contributed by atoms with van der Waals surface area (Å²) in [6.45, 7) is 2.00. The summed E-state index contributed by atoms with van der Waals surface area (Å²) in [4.78, 5) is 0. The van der Waals surface area contributed by atoms with E-state index < -0.39 is 0 Å². The van der Waals surface area contributed by atoms with Gasteiger partial charge in [0.2, 0.25) is 11.8 Å². The molecule has 0 saturated carbocycles. The summed E-state index contributed by atoms with van der Waals surface area (Å²) in [6.07, 6.45) is 0. The summed E-state index contributed by atoms with van der Waals surface area (Å²) >= 11 is 7.62. The summed E-state index contributed by atoms with van der Waals surface area (Å²) in [5.74, 6) is 2.36. The Morgan fingerprint density at radius 3 is 2.38 bits per heavy atom. The van der Waals surface area contributed by atoms with E-state index in [1.165, 1.54) is 11.8 Å². The molecular formula is C25H20ClN5O2S. The van der Waals surface area contributed by atoms with Crippen molar-refractivity contribution in [2.75, 3.05) is 7.11 Å². The SMILES string of the molecule is COc1ccccc1-c1nnc(SC(C)c2nnc(-c3ccccc3)o2)n1-c1ccc(Cl)cc1. The van der Waals surface area contributed by atoms with Crippen LogP contribution in [-0.2, 0) is 0 Å². The molecule has 0 aliphatic heterocycles. The van der Waals surface area contributed by atoms with E-state index in [0.717, 1.165) is 16.8 Å². The number of aromatic nitrogens is 5. The maximum atomic E-state index is 6.14. The third kappa shape index (κ3) is 4.42. The first-order chi connectivity index (χ1) is 16.6. The largest absolute Gasteiger partial charge is 0.496 e. The van der Waals surface area contributed by atoms with Crippen molar-refractivity contribution in [3.8, 4) is 34.3 Å². The van der Waals surface area contributed by atoms with Crippen molar-refractivity contribution >= 4 is 23.4 Å². The molecule has 1 unspecified atom stereocenters. The smallest absolute Gasteiger partial charge is 0.247 e. The van der Waals surface area contributed by atoms with Crippen molar-refractivity contribution in [2.24, 2.45) is 0 Å². The number of benzene rings is 3. The molecule has 9 heteroatoms. The van der Waals surface area contributed by atoms with Crippen LogP contribution in [0.15, 0.2) is 88.4 Å². The van der Waals surface area contributed by atoms with Gasteiger partial charge in [-0.15, -0.1) is 20.4 Å². The van der Waals surface area contributed by atoms with Gasteiger partial charge in [-0.2, -0.15) is 0 Å². The number of methoxy groups -OCH3 is 1. The van der Waals surface area contributed by atoms with Gasteiger partial charge in [-0.25, -0.2) is 0 Å². The molecular weight excluding hydrogens is 470 g/mol. The van der Waals surface area contributed by atoms with Crippen LogP contribution in [-0.4, -0.2) is 32.1 Å². The number of rotatable bonds is 7. The Morgan fingerprint density at radius 1 is 0.882 bits per heavy atom. The van der Waals surface area contributed by atoms with E-state index in [9.17, 15) is 0 Å². The van der Waals surface area contributed by atoms with E-state index in [1.807, 2.05) is 90.4 Å². The van der Waals surface area contributed by atoms with Crippen molar-refractivity contribution < 1.29 is 9.15 Å². The van der Waals surface area contributed by atoms with Gasteiger partial charge in [0.25, 0.3) is 0 Å². The van der Waals surface area contributed by atoms with Crippen molar-refractivity contribution in [2.45, 2.75) is 17.3 Å². The summed E-state index contributed by atoms with van der Waals surface area (Å²) in [5, 5.41) is 18.6. The number of thioether (sulfide) groups is 1. The number of ether oxygens (including phenoxy) is 1. The Kier molecular flexibility index (Phi) is 6.33. The second-order valence-electron chi connectivity index (χ2n) is 7.39. The molecule has 0 radical (unpaired) electrons. The Hall–Kier alpha value is -3.62. The summed E-state index contributed by atoms with van der Waals surface area (Å²) in [5.41, 5.74) is 2.58. The molecule has 0 bridgehead atoms. The number of para-hydroxylation sites is 1. The monoisotopic (exact) mass is 489 g/mol. The van der Waals surface area contributed by atoms with Gasteiger partial charge in [-0.05, 0) is 55.5 Å². The summed E-state index contributed by atoms with van der Waals surface area (Å²) in [6, 6.07) is 24.9. The molecule has 7 nitrogen and oxygen atoms in total. The number of nitrogens with zero attached hydrogens (tertiary/aromatic N) is 5. The van der Waals surface area contributed by atoms with E-state index in [1.54, 1.807) is 7.11 Å². The lowest BCUT2D eigenvalue weighted by Crippen LogP contribution is -2.02. The van der Waals surface area contributed by atoms with E-state index in [-0.39, 0.29) is 5.25 Å². The highest BCUT2D eigenvalue weighted by Gasteiger charge is 2.23. The highest BCUT2D eigenvalue weighted by molar-refractivity contribution is 7.99. The first-order valence-corrected chi connectivity index (χ1v) is 11.8. The molecule has 34 heavy (non-hydrogen) atoms. The Morgan fingerprint density at radius 2 is 1.62 bits per heavy atom. The van der Waals surface area contributed by atoms with Gasteiger partial charge >= 0.3 is 0 Å². The van der Waals surface area contributed by atoms with Crippen molar-refractivity contribution in [3.63, 3.8) is 0 Å². The molecule has 2 aromatic heterocycles. The lowest BCUT2D eigenvalue weighted by molar-refractivity contribution is 0.416. The van der Waals surface area contributed by atoms with Gasteiger partial charge < -0.3 is 9.15 Å². The molecule has 0 aliphatic carbocycles. The zero-order valence-electron chi connectivity index (χ0n) is 18.4. The van der Waals surface area contributed by atoms with Gasteiger partial charge in [-0.3, -0.25) is 4.57 Å². The lowest BCUT2D eigenvalue weighted by Gasteiger charge is -2.13. The van der Waals surface area contributed by atoms with E-state index >= 15 is 0 Å². The van der Waals surface area contributed by atoms with Crippen LogP contribution in [0.5, 0.6) is 5.75 Å². The molecule has 0 spiro atoms. The second kappa shape index (κ2) is 9.70. The van der Waals surface area contributed by atoms with Crippen LogP contribution < -0.4 is 4.74 Å². The fourth-order valence-electron chi connectivity index (χ4n) is 3.48. The maximum Gasteiger partial charge on any atom is 0.247 e. The highest BCUT2D eigenvalue weighted by atomic mass is 35.5. The molecule has 0 fully saturated rings. The van der Waals surface area contributed by atoms with Gasteiger partial charge in [-0.1, -0.05) is 53.7 Å². The maximum absolute atomic E-state index is 6.14. The van der Waals surface area contributed by atoms with Crippen molar-refractivity contribution in [3.05, 3.63) is 89.8 Å². The Bertz CT molecular complexity index is 1400. The van der Waals surface area contributed by atoms with E-state index in [2.05, 4.69) is 20.4 Å². The van der Waals surface area contributed by atoms with Gasteiger partial charge in [0.05, 0.1) is 17.9 Å². The van der Waals surface area contributed by atoms with Crippen molar-refractivity contribution in [1.29, 1.82) is 0 Å². The van der Waals surface area contributed by atoms with Gasteiger partial charge in [0, 0.05) is 16.3 Å². The number of hydrogen-bond acceptors (Lipinski definition) is 7. The third-order valence-corrected chi connectivity index (χ3v) is 6.44. The normalized spacial score (nSPS) is 12.0. The number of hydrogen-bond donors (Lipinski definition) is 0. The van der Waals surface area contributed by atoms with Gasteiger partial charge in [0.15, 0.2) is 11.0 Å². The predicted octanol–water partition coefficient (Wildman–Crippen LogP) is 6.50. The second-order valence-corrected chi connectivity index (χ2v) is 9.13. The first kappa shape index (κ1) is 22.2. The predicted molar refractivity (Wildman–Crippen MR) is 132 cm³/mol. The van der Waals surface area contributed by atoms with Crippen LogP contribution >= 0.6 is 23.4 Å². The van der Waals surface area contributed by atoms with Crippen LogP contribution in [0.1, 0.15) is 18.1 Å². The third-order valence-electron chi connectivity index (χ3n) is 5.16. The van der Waals surface area contributed by atoms with Crippen LogP contribution in [0.3, 0.4) is 0 Å². The molecule has 5 aromatic rings. The number of halogens is 1. The van der Waals surface area contributed by atoms with E-state index in [0.29, 0.717) is 33.5 Å². The zero-order chi connectivity index (χ0) is 23.5. The van der Waals surface area contributed by atoms with Gasteiger partial charge in [0.1, 0.15) is 5.75 Å². The molecule has 5 rings (SSSR count). The Labute approximate surface area is 205 Å². The molecule has 0 aliphatic rings. The standard InChI is InChI=1S/C25H20ClN5O2S/c1-16(23-28-29-24(33-23)17-8-4-3-5-9-17)34-25-30-27-22(20-10-6-7-11-21(20)32-2)31(25)19-14-12-18(26)13-15-19/h3-16H,1-2H3. The minimum atomic E-state index is -0.161. The summed E-state index contributed by atoms with van der Waals surface area (Å²) < 4.78 is 13.5. The Balaban J connectivity index is 1.52. The lowest BCUT2D eigenvalue weighted by atomic mass is 10.2. The van der Waals surface area contributed by atoms with Crippen LogP contribution in [0.25, 0.3) is 28.5 Å².